The van der Waals surface area contributed by atoms with Crippen molar-refractivity contribution in [3.63, 3.8) is 0 Å². The molecule has 10 heteroatoms. The van der Waals surface area contributed by atoms with Crippen molar-refractivity contribution in [2.45, 2.75) is 33.7 Å². The van der Waals surface area contributed by atoms with Crippen LogP contribution in [-0.2, 0) is 11.3 Å². The van der Waals surface area contributed by atoms with Gasteiger partial charge < -0.3 is 24.9 Å². The first-order valence-corrected chi connectivity index (χ1v) is 10.7. The third-order valence-corrected chi connectivity index (χ3v) is 5.24. The Kier molecular flexibility index (Phi) is 10.2. The normalized spacial score (nSPS) is 14.2. The van der Waals surface area contributed by atoms with Crippen LogP contribution in [0.4, 0.5) is 10.1 Å². The van der Waals surface area contributed by atoms with Gasteiger partial charge in [-0.1, -0.05) is 0 Å². The molecular weight excluding hydrogens is 526 g/mol. The van der Waals surface area contributed by atoms with E-state index in [-0.39, 0.29) is 35.7 Å². The average molecular weight is 558 g/mol. The predicted molar refractivity (Wildman–Crippen MR) is 134 cm³/mol. The van der Waals surface area contributed by atoms with Gasteiger partial charge in [0, 0.05) is 51.4 Å². The van der Waals surface area contributed by atoms with Crippen LogP contribution >= 0.6 is 24.0 Å². The number of carbonyl (C=O) groups is 1. The molecule has 0 spiro atoms. The summed E-state index contributed by atoms with van der Waals surface area (Å²) in [6, 6.07) is 6.48. The second kappa shape index (κ2) is 12.6. The second-order valence-electron chi connectivity index (χ2n) is 7.47. The van der Waals surface area contributed by atoms with Crippen molar-refractivity contribution < 1.29 is 13.6 Å². The number of guanidine groups is 1. The summed E-state index contributed by atoms with van der Waals surface area (Å²) in [5, 5.41) is 6.36. The molecule has 0 bridgehead atoms. The summed E-state index contributed by atoms with van der Waals surface area (Å²) in [5.41, 5.74) is 1.85. The lowest BCUT2D eigenvalue weighted by molar-refractivity contribution is -0.131. The molecule has 1 amide bonds. The van der Waals surface area contributed by atoms with Gasteiger partial charge in [0.1, 0.15) is 18.1 Å². The van der Waals surface area contributed by atoms with Crippen molar-refractivity contribution in [3.8, 4) is 0 Å². The number of amides is 1. The highest BCUT2D eigenvalue weighted by Gasteiger charge is 2.21. The van der Waals surface area contributed by atoms with E-state index in [0.29, 0.717) is 44.5 Å². The minimum Gasteiger partial charge on any atom is -0.444 e. The Labute approximate surface area is 205 Å². The molecule has 1 aromatic heterocycles. The molecule has 0 aliphatic carbocycles. The third kappa shape index (κ3) is 7.35. The maximum Gasteiger partial charge on any atom is 0.224 e. The minimum absolute atomic E-state index is 0. The molecule has 1 saturated heterocycles. The fourth-order valence-corrected chi connectivity index (χ4v) is 3.41. The van der Waals surface area contributed by atoms with E-state index in [1.165, 1.54) is 12.1 Å². The second-order valence-corrected chi connectivity index (χ2v) is 7.47. The molecular formula is C22H32FIN6O2. The Morgan fingerprint density at radius 1 is 1.16 bits per heavy atom. The van der Waals surface area contributed by atoms with Gasteiger partial charge in [-0.15, -0.1) is 24.0 Å². The standard InChI is InChI=1S/C22H31FN6O2.HI/c1-4-24-22(26-15-20-27-16(2)17(3)31-20)25-10-9-21(30)29-13-11-28(12-14-29)19-7-5-18(23)6-8-19;/h5-8H,4,9-15H2,1-3H3,(H2,24,25,26);1H. The summed E-state index contributed by atoms with van der Waals surface area (Å²) in [6.45, 7) is 10.1. The Bertz CT molecular complexity index is 875. The molecule has 0 unspecified atom stereocenters. The first-order chi connectivity index (χ1) is 15.0. The van der Waals surface area contributed by atoms with E-state index in [1.54, 1.807) is 12.1 Å². The van der Waals surface area contributed by atoms with Crippen LogP contribution < -0.4 is 15.5 Å². The van der Waals surface area contributed by atoms with Gasteiger partial charge in [0.25, 0.3) is 0 Å². The Morgan fingerprint density at radius 2 is 1.84 bits per heavy atom. The van der Waals surface area contributed by atoms with Crippen LogP contribution in [0.15, 0.2) is 33.7 Å². The molecule has 2 heterocycles. The van der Waals surface area contributed by atoms with Crippen LogP contribution in [0, 0.1) is 19.7 Å². The predicted octanol–water partition coefficient (Wildman–Crippen LogP) is 2.84. The molecule has 3 rings (SSSR count). The number of hydrogen-bond donors (Lipinski definition) is 2. The van der Waals surface area contributed by atoms with Gasteiger partial charge >= 0.3 is 0 Å². The topological polar surface area (TPSA) is 86.0 Å². The monoisotopic (exact) mass is 558 g/mol. The smallest absolute Gasteiger partial charge is 0.224 e. The Balaban J connectivity index is 0.00000363. The number of rotatable bonds is 7. The van der Waals surface area contributed by atoms with Crippen molar-refractivity contribution >= 4 is 41.5 Å². The van der Waals surface area contributed by atoms with Gasteiger partial charge in [0.15, 0.2) is 5.96 Å². The maximum absolute atomic E-state index is 13.1. The Hall–Kier alpha value is -2.37. The van der Waals surface area contributed by atoms with Crippen LogP contribution in [0.2, 0.25) is 0 Å². The number of benzene rings is 1. The molecule has 1 aliphatic heterocycles. The zero-order chi connectivity index (χ0) is 22.2. The van der Waals surface area contributed by atoms with Crippen molar-refractivity contribution in [1.82, 2.24) is 20.5 Å². The van der Waals surface area contributed by atoms with Crippen molar-refractivity contribution in [2.24, 2.45) is 4.99 Å². The lowest BCUT2D eigenvalue weighted by Gasteiger charge is -2.36. The number of aliphatic imine (C=N–C) groups is 1. The van der Waals surface area contributed by atoms with Gasteiger partial charge in [-0.05, 0) is 45.0 Å². The van der Waals surface area contributed by atoms with Gasteiger partial charge in [0.2, 0.25) is 11.8 Å². The molecule has 0 radical (unpaired) electrons. The van der Waals surface area contributed by atoms with E-state index in [0.717, 1.165) is 36.8 Å². The zero-order valence-electron chi connectivity index (χ0n) is 18.9. The number of piperazine rings is 1. The largest absolute Gasteiger partial charge is 0.444 e. The van der Waals surface area contributed by atoms with Crippen LogP contribution in [0.25, 0.3) is 0 Å². The third-order valence-electron chi connectivity index (χ3n) is 5.24. The molecule has 176 valence electrons. The van der Waals surface area contributed by atoms with Crippen LogP contribution in [0.1, 0.15) is 30.7 Å². The number of nitrogens with one attached hydrogen (secondary N) is 2. The van der Waals surface area contributed by atoms with E-state index >= 15 is 0 Å². The number of halogens is 2. The van der Waals surface area contributed by atoms with Gasteiger partial charge in [0.05, 0.1) is 5.69 Å². The molecule has 1 fully saturated rings. The molecule has 0 saturated carbocycles. The zero-order valence-corrected chi connectivity index (χ0v) is 21.2. The number of aromatic nitrogens is 1. The maximum atomic E-state index is 13.1. The van der Waals surface area contributed by atoms with Crippen LogP contribution in [0.5, 0.6) is 0 Å². The summed E-state index contributed by atoms with van der Waals surface area (Å²) >= 11 is 0. The summed E-state index contributed by atoms with van der Waals surface area (Å²) in [4.78, 5) is 25.4. The van der Waals surface area contributed by atoms with Gasteiger partial charge in [-0.2, -0.15) is 0 Å². The number of nitrogens with zero attached hydrogens (tertiary/aromatic N) is 4. The van der Waals surface area contributed by atoms with Gasteiger partial charge in [-0.25, -0.2) is 14.4 Å². The average Bonchev–Trinajstić information content (AvgIpc) is 3.10. The summed E-state index contributed by atoms with van der Waals surface area (Å²) in [7, 11) is 0. The number of oxazole rings is 1. The Morgan fingerprint density at radius 3 is 2.44 bits per heavy atom. The van der Waals surface area contributed by atoms with E-state index in [1.807, 2.05) is 25.7 Å². The summed E-state index contributed by atoms with van der Waals surface area (Å²) < 4.78 is 18.7. The number of carbonyl (C=O) groups excluding carboxylic acids is 1. The van der Waals surface area contributed by atoms with E-state index < -0.39 is 0 Å². The van der Waals surface area contributed by atoms with E-state index in [4.69, 9.17) is 4.42 Å². The number of aryl methyl sites for hydroxylation is 2. The number of anilines is 1. The molecule has 1 aromatic carbocycles. The van der Waals surface area contributed by atoms with Crippen molar-refractivity contribution in [1.29, 1.82) is 0 Å². The number of hydrogen-bond acceptors (Lipinski definition) is 5. The molecule has 2 aromatic rings. The van der Waals surface area contributed by atoms with Crippen molar-refractivity contribution in [3.05, 3.63) is 47.4 Å². The molecule has 8 nitrogen and oxygen atoms in total. The summed E-state index contributed by atoms with van der Waals surface area (Å²) in [5.74, 6) is 1.87. The highest BCUT2D eigenvalue weighted by atomic mass is 127. The highest BCUT2D eigenvalue weighted by molar-refractivity contribution is 14.0. The van der Waals surface area contributed by atoms with Gasteiger partial charge in [-0.3, -0.25) is 4.79 Å². The van der Waals surface area contributed by atoms with Crippen LogP contribution in [-0.4, -0.2) is 61.0 Å². The van der Waals surface area contributed by atoms with Crippen molar-refractivity contribution in [2.75, 3.05) is 44.2 Å². The quantitative estimate of drug-likeness (QED) is 0.309. The fourth-order valence-electron chi connectivity index (χ4n) is 3.41. The first kappa shape index (κ1) is 25.9. The molecule has 32 heavy (non-hydrogen) atoms. The first-order valence-electron chi connectivity index (χ1n) is 10.7. The molecule has 1 aliphatic rings. The van der Waals surface area contributed by atoms with Crippen LogP contribution in [0.3, 0.4) is 0 Å². The van der Waals surface area contributed by atoms with E-state index in [2.05, 4.69) is 25.5 Å². The molecule has 0 atom stereocenters. The highest BCUT2D eigenvalue weighted by Crippen LogP contribution is 2.17. The minimum atomic E-state index is -0.240. The lowest BCUT2D eigenvalue weighted by Crippen LogP contribution is -2.49. The summed E-state index contributed by atoms with van der Waals surface area (Å²) in [6.07, 6.45) is 0.387. The molecule has 2 N–H and O–H groups in total. The van der Waals surface area contributed by atoms with E-state index in [9.17, 15) is 9.18 Å². The SMILES string of the molecule is CCNC(=NCc1nc(C)c(C)o1)NCCC(=O)N1CCN(c2ccc(F)cc2)CC1.I. The fraction of sp³-hybridized carbons (Fsp3) is 0.500. The lowest BCUT2D eigenvalue weighted by atomic mass is 10.2.